The Morgan fingerprint density at radius 3 is 3.00 bits per heavy atom. The molecule has 1 aromatic heterocycles. The second-order valence-corrected chi connectivity index (χ2v) is 5.27. The van der Waals surface area contributed by atoms with Gasteiger partial charge in [-0.05, 0) is 24.5 Å². The van der Waals surface area contributed by atoms with E-state index in [1.165, 1.54) is 0 Å². The van der Waals surface area contributed by atoms with Crippen LogP contribution in [-0.2, 0) is 11.3 Å². The summed E-state index contributed by atoms with van der Waals surface area (Å²) in [6.45, 7) is 6.69. The number of likely N-dealkylation sites (tertiary alicyclic amines) is 1. The lowest BCUT2D eigenvalue weighted by Gasteiger charge is -2.37. The molecule has 0 bridgehead atoms. The first-order chi connectivity index (χ1) is 9.20. The summed E-state index contributed by atoms with van der Waals surface area (Å²) in [5.74, 6) is 0.767. The number of amides is 1. The molecule has 0 aromatic carbocycles. The topological polar surface area (TPSA) is 45.2 Å². The summed E-state index contributed by atoms with van der Waals surface area (Å²) >= 11 is 0. The van der Waals surface area contributed by atoms with Crippen molar-refractivity contribution >= 4 is 5.91 Å². The van der Waals surface area contributed by atoms with Crippen LogP contribution < -0.4 is 5.32 Å². The number of hydrogen-bond acceptors (Lipinski definition) is 3. The maximum absolute atomic E-state index is 11.7. The molecule has 1 N–H and O–H groups in total. The Morgan fingerprint density at radius 2 is 2.37 bits per heavy atom. The van der Waals surface area contributed by atoms with Crippen LogP contribution >= 0.6 is 0 Å². The van der Waals surface area contributed by atoms with Gasteiger partial charge in [0.1, 0.15) is 0 Å². The van der Waals surface area contributed by atoms with Crippen LogP contribution in [0.4, 0.5) is 0 Å². The van der Waals surface area contributed by atoms with E-state index >= 15 is 0 Å². The van der Waals surface area contributed by atoms with Crippen molar-refractivity contribution in [3.63, 3.8) is 0 Å². The van der Waals surface area contributed by atoms with Crippen molar-refractivity contribution in [3.05, 3.63) is 30.1 Å². The molecule has 104 valence electrons. The highest BCUT2D eigenvalue weighted by molar-refractivity contribution is 5.75. The fourth-order valence-electron chi connectivity index (χ4n) is 2.64. The highest BCUT2D eigenvalue weighted by Crippen LogP contribution is 2.17. The van der Waals surface area contributed by atoms with Crippen LogP contribution in [0.1, 0.15) is 32.4 Å². The molecule has 1 amide bonds. The quantitative estimate of drug-likeness (QED) is 0.899. The number of piperidine rings is 1. The summed E-state index contributed by atoms with van der Waals surface area (Å²) in [5.41, 5.74) is 1.07. The van der Waals surface area contributed by atoms with Gasteiger partial charge in [0.05, 0.1) is 5.69 Å². The first-order valence-electron chi connectivity index (χ1n) is 7.11. The minimum absolute atomic E-state index is 0.273. The van der Waals surface area contributed by atoms with Crippen molar-refractivity contribution in [1.29, 1.82) is 0 Å². The van der Waals surface area contributed by atoms with Crippen LogP contribution in [-0.4, -0.2) is 34.9 Å². The molecule has 4 nitrogen and oxygen atoms in total. The van der Waals surface area contributed by atoms with E-state index in [-0.39, 0.29) is 5.91 Å². The SMILES string of the molecule is CCC(=O)N1CCC(NCc2ccccn2)C(C)C1. The van der Waals surface area contributed by atoms with Crippen molar-refractivity contribution in [2.45, 2.75) is 39.3 Å². The lowest BCUT2D eigenvalue weighted by Crippen LogP contribution is -2.49. The Balaban J connectivity index is 1.82. The average molecular weight is 261 g/mol. The van der Waals surface area contributed by atoms with Crippen molar-refractivity contribution in [3.8, 4) is 0 Å². The highest BCUT2D eigenvalue weighted by Gasteiger charge is 2.27. The second-order valence-electron chi connectivity index (χ2n) is 5.27. The zero-order valence-electron chi connectivity index (χ0n) is 11.8. The standard InChI is InChI=1S/C15H23N3O/c1-3-15(19)18-9-7-14(12(2)11-18)17-10-13-6-4-5-8-16-13/h4-6,8,12,14,17H,3,7,9-11H2,1-2H3. The molecule has 0 spiro atoms. The van der Waals surface area contributed by atoms with Crippen LogP contribution in [0, 0.1) is 5.92 Å². The Bertz CT molecular complexity index is 407. The zero-order valence-corrected chi connectivity index (χ0v) is 11.8. The summed E-state index contributed by atoms with van der Waals surface area (Å²) in [6.07, 6.45) is 3.46. The molecule has 1 aliphatic heterocycles. The number of carbonyl (C=O) groups excluding carboxylic acids is 1. The molecule has 0 aliphatic carbocycles. The number of rotatable bonds is 4. The molecule has 0 radical (unpaired) electrons. The Hall–Kier alpha value is -1.42. The van der Waals surface area contributed by atoms with Crippen molar-refractivity contribution in [2.24, 2.45) is 5.92 Å². The third-order valence-electron chi connectivity index (χ3n) is 3.83. The molecule has 1 saturated heterocycles. The molecular formula is C15H23N3O. The number of carbonyl (C=O) groups is 1. The molecule has 2 atom stereocenters. The number of nitrogens with one attached hydrogen (secondary N) is 1. The molecule has 19 heavy (non-hydrogen) atoms. The molecule has 4 heteroatoms. The molecule has 1 aromatic rings. The minimum atomic E-state index is 0.273. The predicted molar refractivity (Wildman–Crippen MR) is 75.5 cm³/mol. The van der Waals surface area contributed by atoms with Crippen molar-refractivity contribution < 1.29 is 4.79 Å². The van der Waals surface area contributed by atoms with E-state index in [1.54, 1.807) is 0 Å². The van der Waals surface area contributed by atoms with Crippen LogP contribution in [0.2, 0.25) is 0 Å². The summed E-state index contributed by atoms with van der Waals surface area (Å²) in [4.78, 5) is 18.0. The van der Waals surface area contributed by atoms with Gasteiger partial charge in [0.15, 0.2) is 0 Å². The molecule has 2 heterocycles. The monoisotopic (exact) mass is 261 g/mol. The van der Waals surface area contributed by atoms with Crippen LogP contribution in [0.15, 0.2) is 24.4 Å². The largest absolute Gasteiger partial charge is 0.342 e. The zero-order chi connectivity index (χ0) is 13.7. The molecular weight excluding hydrogens is 238 g/mol. The Morgan fingerprint density at radius 1 is 1.53 bits per heavy atom. The Kier molecular flexibility index (Phi) is 4.91. The summed E-state index contributed by atoms with van der Waals surface area (Å²) in [6, 6.07) is 6.45. The van der Waals surface area contributed by atoms with Crippen LogP contribution in [0.3, 0.4) is 0 Å². The molecule has 1 aliphatic rings. The Labute approximate surface area is 115 Å². The number of aromatic nitrogens is 1. The van der Waals surface area contributed by atoms with Gasteiger partial charge >= 0.3 is 0 Å². The minimum Gasteiger partial charge on any atom is -0.342 e. The smallest absolute Gasteiger partial charge is 0.222 e. The average Bonchev–Trinajstić information content (AvgIpc) is 2.46. The lowest BCUT2D eigenvalue weighted by atomic mass is 9.93. The number of hydrogen-bond donors (Lipinski definition) is 1. The third-order valence-corrected chi connectivity index (χ3v) is 3.83. The van der Waals surface area contributed by atoms with Gasteiger partial charge in [-0.3, -0.25) is 9.78 Å². The van der Waals surface area contributed by atoms with Gasteiger partial charge in [0.2, 0.25) is 5.91 Å². The maximum atomic E-state index is 11.7. The van der Waals surface area contributed by atoms with Gasteiger partial charge in [-0.15, -0.1) is 0 Å². The first-order valence-corrected chi connectivity index (χ1v) is 7.11. The maximum Gasteiger partial charge on any atom is 0.222 e. The van der Waals surface area contributed by atoms with Gasteiger partial charge in [0.25, 0.3) is 0 Å². The second kappa shape index (κ2) is 6.66. The van der Waals surface area contributed by atoms with Crippen molar-refractivity contribution in [2.75, 3.05) is 13.1 Å². The van der Waals surface area contributed by atoms with E-state index in [9.17, 15) is 4.79 Å². The van der Waals surface area contributed by atoms with E-state index in [0.717, 1.165) is 31.7 Å². The highest BCUT2D eigenvalue weighted by atomic mass is 16.2. The van der Waals surface area contributed by atoms with Gasteiger partial charge in [0, 0.05) is 38.3 Å². The fraction of sp³-hybridized carbons (Fsp3) is 0.600. The van der Waals surface area contributed by atoms with E-state index in [2.05, 4.69) is 17.2 Å². The van der Waals surface area contributed by atoms with Crippen LogP contribution in [0.25, 0.3) is 0 Å². The fourth-order valence-corrected chi connectivity index (χ4v) is 2.64. The van der Waals surface area contributed by atoms with Gasteiger partial charge < -0.3 is 10.2 Å². The van der Waals surface area contributed by atoms with E-state index in [1.807, 2.05) is 36.2 Å². The predicted octanol–water partition coefficient (Wildman–Crippen LogP) is 1.82. The van der Waals surface area contributed by atoms with E-state index in [4.69, 9.17) is 0 Å². The van der Waals surface area contributed by atoms with Crippen molar-refractivity contribution in [1.82, 2.24) is 15.2 Å². The van der Waals surface area contributed by atoms with E-state index < -0.39 is 0 Å². The summed E-state index contributed by atoms with van der Waals surface area (Å²) < 4.78 is 0. The van der Waals surface area contributed by atoms with Gasteiger partial charge in [-0.2, -0.15) is 0 Å². The number of pyridine rings is 1. The normalized spacial score (nSPS) is 23.4. The molecule has 1 fully saturated rings. The first kappa shape index (κ1) is 14.0. The summed E-state index contributed by atoms with van der Waals surface area (Å²) in [5, 5.41) is 3.56. The third kappa shape index (κ3) is 3.77. The van der Waals surface area contributed by atoms with E-state index in [0.29, 0.717) is 18.4 Å². The van der Waals surface area contributed by atoms with Gasteiger partial charge in [-0.1, -0.05) is 19.9 Å². The molecule has 2 rings (SSSR count). The molecule has 0 saturated carbocycles. The van der Waals surface area contributed by atoms with Crippen LogP contribution in [0.5, 0.6) is 0 Å². The molecule has 2 unspecified atom stereocenters. The number of nitrogens with zero attached hydrogens (tertiary/aromatic N) is 2. The van der Waals surface area contributed by atoms with Gasteiger partial charge in [-0.25, -0.2) is 0 Å². The lowest BCUT2D eigenvalue weighted by molar-refractivity contribution is -0.132. The summed E-state index contributed by atoms with van der Waals surface area (Å²) in [7, 11) is 0.